The maximum Gasteiger partial charge on any atom is 0.302 e. The molecule has 0 unspecified atom stereocenters. The van der Waals surface area contributed by atoms with Crippen LogP contribution in [0.1, 0.15) is 5.56 Å². The average molecular weight is 296 g/mol. The molecule has 5 heteroatoms. The van der Waals surface area contributed by atoms with E-state index in [-0.39, 0.29) is 10.6 Å². The molecule has 3 aromatic rings. The van der Waals surface area contributed by atoms with Crippen molar-refractivity contribution in [1.29, 1.82) is 0 Å². The van der Waals surface area contributed by atoms with Crippen LogP contribution in [-0.2, 0) is 0 Å². The average Bonchev–Trinajstić information content (AvgIpc) is 2.49. The van der Waals surface area contributed by atoms with Gasteiger partial charge >= 0.3 is 5.69 Å². The van der Waals surface area contributed by atoms with Crippen LogP contribution in [-0.4, -0.2) is 9.91 Å². The van der Waals surface area contributed by atoms with E-state index < -0.39 is 0 Å². The van der Waals surface area contributed by atoms with Gasteiger partial charge in [0, 0.05) is 10.3 Å². The second kappa shape index (κ2) is 5.54. The fraction of sp³-hybridized carbons (Fsp3) is 0.0625. The van der Waals surface area contributed by atoms with Crippen molar-refractivity contribution in [2.24, 2.45) is 0 Å². The van der Waals surface area contributed by atoms with Gasteiger partial charge in [-0.2, -0.15) is 0 Å². The monoisotopic (exact) mass is 296 g/mol. The fourth-order valence-electron chi connectivity index (χ4n) is 2.07. The van der Waals surface area contributed by atoms with E-state index in [2.05, 4.69) is 4.98 Å². The Balaban J connectivity index is 2.16. The number of pyridine rings is 1. The van der Waals surface area contributed by atoms with Gasteiger partial charge in [-0.15, -0.1) is 0 Å². The van der Waals surface area contributed by atoms with E-state index in [4.69, 9.17) is 0 Å². The summed E-state index contributed by atoms with van der Waals surface area (Å²) in [6.45, 7) is 2.01. The predicted octanol–water partition coefficient (Wildman–Crippen LogP) is 4.60. The quantitative estimate of drug-likeness (QED) is 0.523. The minimum Gasteiger partial charge on any atom is -0.258 e. The molecule has 0 aliphatic rings. The van der Waals surface area contributed by atoms with Crippen molar-refractivity contribution >= 4 is 28.4 Å². The molecule has 1 aromatic heterocycles. The highest BCUT2D eigenvalue weighted by molar-refractivity contribution is 7.99. The molecule has 0 N–H and O–H groups in total. The number of nitro groups is 1. The summed E-state index contributed by atoms with van der Waals surface area (Å²) in [6.07, 6.45) is 1.33. The van der Waals surface area contributed by atoms with E-state index in [0.717, 1.165) is 21.4 Å². The molecule has 0 saturated heterocycles. The minimum atomic E-state index is -0.379. The first kappa shape index (κ1) is 13.6. The van der Waals surface area contributed by atoms with Crippen LogP contribution in [0.15, 0.2) is 64.5 Å². The fourth-order valence-corrected chi connectivity index (χ4v) is 3.09. The third-order valence-electron chi connectivity index (χ3n) is 3.14. The first-order chi connectivity index (χ1) is 10.1. The summed E-state index contributed by atoms with van der Waals surface area (Å²) < 4.78 is 0. The molecule has 21 heavy (non-hydrogen) atoms. The van der Waals surface area contributed by atoms with Gasteiger partial charge in [-0.25, -0.2) is 4.98 Å². The van der Waals surface area contributed by atoms with Gasteiger partial charge in [0.25, 0.3) is 0 Å². The van der Waals surface area contributed by atoms with Gasteiger partial charge in [0.15, 0.2) is 0 Å². The smallest absolute Gasteiger partial charge is 0.258 e. The van der Waals surface area contributed by atoms with Crippen molar-refractivity contribution in [3.8, 4) is 0 Å². The zero-order valence-electron chi connectivity index (χ0n) is 11.3. The van der Waals surface area contributed by atoms with Crippen molar-refractivity contribution in [3.05, 3.63) is 70.4 Å². The van der Waals surface area contributed by atoms with E-state index in [1.54, 1.807) is 0 Å². The van der Waals surface area contributed by atoms with Crippen molar-refractivity contribution in [1.82, 2.24) is 4.98 Å². The van der Waals surface area contributed by atoms with Crippen molar-refractivity contribution < 1.29 is 4.92 Å². The lowest BCUT2D eigenvalue weighted by atomic mass is 10.2. The van der Waals surface area contributed by atoms with E-state index in [1.807, 2.05) is 55.5 Å². The lowest BCUT2D eigenvalue weighted by Crippen LogP contribution is -1.94. The van der Waals surface area contributed by atoms with Crippen LogP contribution in [0.5, 0.6) is 0 Å². The number of hydrogen-bond acceptors (Lipinski definition) is 4. The van der Waals surface area contributed by atoms with E-state index in [9.17, 15) is 10.1 Å². The molecule has 0 aliphatic heterocycles. The van der Waals surface area contributed by atoms with E-state index in [0.29, 0.717) is 4.90 Å². The third kappa shape index (κ3) is 2.73. The van der Waals surface area contributed by atoms with Gasteiger partial charge in [0.2, 0.25) is 0 Å². The molecule has 0 saturated carbocycles. The number of rotatable bonds is 3. The lowest BCUT2D eigenvalue weighted by Gasteiger charge is -2.07. The molecule has 0 aliphatic carbocycles. The molecule has 3 rings (SSSR count). The molecule has 0 bridgehead atoms. The molecular formula is C16H12N2O2S. The Hall–Kier alpha value is -2.40. The first-order valence-electron chi connectivity index (χ1n) is 6.42. The SMILES string of the molecule is Cc1ccc(Sc2c([N+](=O)[O-])cnc3ccccc23)cc1. The van der Waals surface area contributed by atoms with Gasteiger partial charge in [-0.3, -0.25) is 10.1 Å². The number of aryl methyl sites for hydroxylation is 1. The summed E-state index contributed by atoms with van der Waals surface area (Å²) in [7, 11) is 0. The summed E-state index contributed by atoms with van der Waals surface area (Å²) in [6, 6.07) is 15.4. The molecule has 0 radical (unpaired) electrons. The third-order valence-corrected chi connectivity index (χ3v) is 4.29. The largest absolute Gasteiger partial charge is 0.302 e. The van der Waals surface area contributed by atoms with Crippen LogP contribution >= 0.6 is 11.8 Å². The number of para-hydroxylation sites is 1. The first-order valence-corrected chi connectivity index (χ1v) is 7.23. The van der Waals surface area contributed by atoms with E-state index in [1.165, 1.54) is 18.0 Å². The summed E-state index contributed by atoms with van der Waals surface area (Å²) in [5, 5.41) is 12.1. The summed E-state index contributed by atoms with van der Waals surface area (Å²) in [4.78, 5) is 16.7. The van der Waals surface area contributed by atoms with Gasteiger partial charge in [0.1, 0.15) is 11.1 Å². The highest BCUT2D eigenvalue weighted by atomic mass is 32.2. The molecule has 0 spiro atoms. The molecule has 0 fully saturated rings. The van der Waals surface area contributed by atoms with E-state index >= 15 is 0 Å². The highest BCUT2D eigenvalue weighted by Gasteiger charge is 2.18. The molecule has 104 valence electrons. The van der Waals surface area contributed by atoms with Crippen LogP contribution in [0.2, 0.25) is 0 Å². The molecular weight excluding hydrogens is 284 g/mol. The predicted molar refractivity (Wildman–Crippen MR) is 83.7 cm³/mol. The Morgan fingerprint density at radius 1 is 1.10 bits per heavy atom. The van der Waals surface area contributed by atoms with Crippen LogP contribution in [0, 0.1) is 17.0 Å². The maximum atomic E-state index is 11.3. The van der Waals surface area contributed by atoms with Crippen LogP contribution < -0.4 is 0 Å². The Morgan fingerprint density at radius 3 is 2.52 bits per heavy atom. The van der Waals surface area contributed by atoms with Crippen molar-refractivity contribution in [2.45, 2.75) is 16.7 Å². The molecule has 0 amide bonds. The number of hydrogen-bond donors (Lipinski definition) is 0. The number of benzene rings is 2. The van der Waals surface area contributed by atoms with Crippen LogP contribution in [0.3, 0.4) is 0 Å². The Kier molecular flexibility index (Phi) is 3.58. The zero-order valence-corrected chi connectivity index (χ0v) is 12.1. The number of fused-ring (bicyclic) bond motifs is 1. The zero-order chi connectivity index (χ0) is 14.8. The topological polar surface area (TPSA) is 56.0 Å². The minimum absolute atomic E-state index is 0.0410. The standard InChI is InChI=1S/C16H12N2O2S/c1-11-6-8-12(9-7-11)21-16-13-4-2-3-5-14(13)17-10-15(16)18(19)20/h2-10H,1H3. The van der Waals surface area contributed by atoms with Crippen LogP contribution in [0.4, 0.5) is 5.69 Å². The maximum absolute atomic E-state index is 11.3. The summed E-state index contributed by atoms with van der Waals surface area (Å²) >= 11 is 1.40. The molecule has 2 aromatic carbocycles. The van der Waals surface area contributed by atoms with Crippen molar-refractivity contribution in [3.63, 3.8) is 0 Å². The Morgan fingerprint density at radius 2 is 1.81 bits per heavy atom. The second-order valence-electron chi connectivity index (χ2n) is 4.66. The summed E-state index contributed by atoms with van der Waals surface area (Å²) in [5.41, 5.74) is 1.96. The van der Waals surface area contributed by atoms with Gasteiger partial charge in [0.05, 0.1) is 10.4 Å². The highest BCUT2D eigenvalue weighted by Crippen LogP contribution is 2.39. The lowest BCUT2D eigenvalue weighted by molar-refractivity contribution is -0.387. The van der Waals surface area contributed by atoms with Gasteiger partial charge < -0.3 is 0 Å². The number of nitrogens with zero attached hydrogens (tertiary/aromatic N) is 2. The van der Waals surface area contributed by atoms with Gasteiger partial charge in [-0.1, -0.05) is 47.7 Å². The molecule has 4 nitrogen and oxygen atoms in total. The summed E-state index contributed by atoms with van der Waals surface area (Å²) in [5.74, 6) is 0. The normalized spacial score (nSPS) is 10.7. The Labute approximate surface area is 126 Å². The number of aromatic nitrogens is 1. The second-order valence-corrected chi connectivity index (χ2v) is 5.75. The van der Waals surface area contributed by atoms with Crippen LogP contribution in [0.25, 0.3) is 10.9 Å². The molecule has 0 atom stereocenters. The molecule has 1 heterocycles. The van der Waals surface area contributed by atoms with Gasteiger partial charge in [-0.05, 0) is 25.1 Å². The van der Waals surface area contributed by atoms with Crippen molar-refractivity contribution in [2.75, 3.05) is 0 Å². The Bertz CT molecular complexity index is 816.